The fourth-order valence-corrected chi connectivity index (χ4v) is 2.45. The smallest absolute Gasteiger partial charge is 0.211 e. The van der Waals surface area contributed by atoms with Crippen molar-refractivity contribution < 1.29 is 13.2 Å². The fourth-order valence-electron chi connectivity index (χ4n) is 1.84. The van der Waals surface area contributed by atoms with Crippen LogP contribution in [-0.4, -0.2) is 46.9 Å². The molecule has 8 heteroatoms. The van der Waals surface area contributed by atoms with Crippen LogP contribution >= 0.6 is 0 Å². The average Bonchev–Trinajstić information content (AvgIpc) is 2.55. The molecular weight excluding hydrogens is 316 g/mol. The van der Waals surface area contributed by atoms with E-state index < -0.39 is 10.0 Å². The molecule has 0 atom stereocenters. The van der Waals surface area contributed by atoms with Crippen molar-refractivity contribution >= 4 is 16.0 Å². The molecule has 1 aromatic rings. The first-order valence-electron chi connectivity index (χ1n) is 7.65. The fraction of sp³-hybridized carbons (Fsp3) is 0.533. The molecule has 23 heavy (non-hydrogen) atoms. The maximum absolute atomic E-state index is 11.3. The Morgan fingerprint density at radius 3 is 2.57 bits per heavy atom. The van der Waals surface area contributed by atoms with Crippen molar-refractivity contribution in [2.45, 2.75) is 20.4 Å². The van der Waals surface area contributed by atoms with Gasteiger partial charge in [-0.2, -0.15) is 0 Å². The quantitative estimate of drug-likeness (QED) is 0.349. The van der Waals surface area contributed by atoms with Gasteiger partial charge in [0, 0.05) is 32.2 Å². The predicted octanol–water partition coefficient (Wildman–Crippen LogP) is 0.690. The van der Waals surface area contributed by atoms with E-state index in [1.165, 1.54) is 0 Å². The lowest BCUT2D eigenvalue weighted by Gasteiger charge is -2.14. The van der Waals surface area contributed by atoms with Gasteiger partial charge in [0.05, 0.1) is 12.4 Å². The van der Waals surface area contributed by atoms with Gasteiger partial charge in [0.15, 0.2) is 5.96 Å². The highest BCUT2D eigenvalue weighted by Crippen LogP contribution is 2.17. The highest BCUT2D eigenvalue weighted by molar-refractivity contribution is 7.89. The van der Waals surface area contributed by atoms with Crippen molar-refractivity contribution in [3.8, 4) is 5.75 Å². The van der Waals surface area contributed by atoms with E-state index >= 15 is 0 Å². The molecular formula is C15H26N4O3S. The number of guanidine groups is 1. The van der Waals surface area contributed by atoms with E-state index in [0.717, 1.165) is 11.3 Å². The van der Waals surface area contributed by atoms with E-state index in [-0.39, 0.29) is 5.75 Å². The third-order valence-corrected chi connectivity index (χ3v) is 4.47. The van der Waals surface area contributed by atoms with Gasteiger partial charge in [-0.25, -0.2) is 13.1 Å². The van der Waals surface area contributed by atoms with E-state index in [9.17, 15) is 8.42 Å². The summed E-state index contributed by atoms with van der Waals surface area (Å²) < 4.78 is 30.7. The van der Waals surface area contributed by atoms with Crippen LogP contribution in [0.4, 0.5) is 0 Å². The van der Waals surface area contributed by atoms with E-state index in [4.69, 9.17) is 4.74 Å². The number of nitrogens with zero attached hydrogens (tertiary/aromatic N) is 1. The maximum Gasteiger partial charge on any atom is 0.211 e. The number of sulfonamides is 1. The zero-order valence-corrected chi connectivity index (χ0v) is 14.7. The van der Waals surface area contributed by atoms with E-state index in [2.05, 4.69) is 20.3 Å². The number of hydrogen-bond donors (Lipinski definition) is 3. The lowest BCUT2D eigenvalue weighted by molar-refractivity contribution is 0.336. The molecule has 0 heterocycles. The Morgan fingerprint density at radius 2 is 1.91 bits per heavy atom. The summed E-state index contributed by atoms with van der Waals surface area (Å²) in [6.07, 6.45) is 0. The van der Waals surface area contributed by atoms with Gasteiger partial charge in [-0.15, -0.1) is 0 Å². The first kappa shape index (κ1) is 19.2. The second kappa shape index (κ2) is 10.1. The van der Waals surface area contributed by atoms with Gasteiger partial charge in [0.2, 0.25) is 10.0 Å². The molecule has 3 N–H and O–H groups in total. The average molecular weight is 342 g/mol. The molecule has 0 saturated heterocycles. The molecule has 0 bridgehead atoms. The van der Waals surface area contributed by atoms with Crippen molar-refractivity contribution in [1.29, 1.82) is 0 Å². The van der Waals surface area contributed by atoms with Gasteiger partial charge in [-0.3, -0.25) is 4.99 Å². The Bertz CT molecular complexity index is 602. The van der Waals surface area contributed by atoms with Gasteiger partial charge in [-0.05, 0) is 19.9 Å². The number of nitrogens with one attached hydrogen (secondary N) is 3. The summed E-state index contributed by atoms with van der Waals surface area (Å²) in [4.78, 5) is 4.11. The Morgan fingerprint density at radius 1 is 1.17 bits per heavy atom. The largest absolute Gasteiger partial charge is 0.494 e. The van der Waals surface area contributed by atoms with Crippen molar-refractivity contribution in [1.82, 2.24) is 15.4 Å². The van der Waals surface area contributed by atoms with E-state index in [1.807, 2.05) is 31.2 Å². The minimum absolute atomic E-state index is 0.0776. The number of hydrogen-bond acceptors (Lipinski definition) is 4. The zero-order valence-electron chi connectivity index (χ0n) is 13.9. The standard InChI is InChI=1S/C15H26N4O3S/c1-4-22-14-9-7-6-8-13(14)12-18-15(16-3)17-10-11-19-23(20,21)5-2/h6-9,19H,4-5,10-12H2,1-3H3,(H2,16,17,18). The van der Waals surface area contributed by atoms with Crippen molar-refractivity contribution in [3.05, 3.63) is 29.8 Å². The van der Waals surface area contributed by atoms with Crippen LogP contribution in [0.5, 0.6) is 5.75 Å². The minimum Gasteiger partial charge on any atom is -0.494 e. The van der Waals surface area contributed by atoms with Gasteiger partial charge in [0.1, 0.15) is 5.75 Å². The Hall–Kier alpha value is -1.80. The summed E-state index contributed by atoms with van der Waals surface area (Å²) in [5.41, 5.74) is 1.03. The number of para-hydroxylation sites is 1. The molecule has 1 rings (SSSR count). The molecule has 0 aliphatic carbocycles. The predicted molar refractivity (Wildman–Crippen MR) is 93.3 cm³/mol. The summed E-state index contributed by atoms with van der Waals surface area (Å²) >= 11 is 0. The molecule has 0 fully saturated rings. The molecule has 0 saturated carbocycles. The molecule has 1 aromatic carbocycles. The van der Waals surface area contributed by atoms with Crippen molar-refractivity contribution in [2.75, 3.05) is 32.5 Å². The third kappa shape index (κ3) is 7.34. The minimum atomic E-state index is -3.16. The van der Waals surface area contributed by atoms with Crippen LogP contribution in [-0.2, 0) is 16.6 Å². The van der Waals surface area contributed by atoms with E-state index in [1.54, 1.807) is 14.0 Å². The summed E-state index contributed by atoms with van der Waals surface area (Å²) in [6.45, 7) is 5.49. The van der Waals surface area contributed by atoms with Crippen LogP contribution < -0.4 is 20.1 Å². The van der Waals surface area contributed by atoms with E-state index in [0.29, 0.717) is 32.2 Å². The molecule has 0 aromatic heterocycles. The molecule has 7 nitrogen and oxygen atoms in total. The third-order valence-electron chi connectivity index (χ3n) is 3.06. The SMILES string of the molecule is CCOc1ccccc1CNC(=NC)NCCNS(=O)(=O)CC. The van der Waals surface area contributed by atoms with Crippen LogP contribution in [0.3, 0.4) is 0 Å². The Balaban J connectivity index is 2.43. The number of rotatable bonds is 9. The van der Waals surface area contributed by atoms with Crippen LogP contribution in [0.2, 0.25) is 0 Å². The normalized spacial score (nSPS) is 12.0. The Labute approximate surface area is 138 Å². The molecule has 0 amide bonds. The molecule has 130 valence electrons. The summed E-state index contributed by atoms with van der Waals surface area (Å²) in [5, 5.41) is 6.24. The monoisotopic (exact) mass is 342 g/mol. The van der Waals surface area contributed by atoms with Gasteiger partial charge in [0.25, 0.3) is 0 Å². The van der Waals surface area contributed by atoms with Crippen LogP contribution in [0, 0.1) is 0 Å². The molecule has 0 radical (unpaired) electrons. The second-order valence-electron chi connectivity index (χ2n) is 4.69. The Kier molecular flexibility index (Phi) is 8.42. The number of aliphatic imine (C=N–C) groups is 1. The van der Waals surface area contributed by atoms with Crippen molar-refractivity contribution in [2.24, 2.45) is 4.99 Å². The van der Waals surface area contributed by atoms with Crippen LogP contribution in [0.25, 0.3) is 0 Å². The van der Waals surface area contributed by atoms with Gasteiger partial charge >= 0.3 is 0 Å². The highest BCUT2D eigenvalue weighted by atomic mass is 32.2. The molecule has 0 aliphatic rings. The highest BCUT2D eigenvalue weighted by Gasteiger charge is 2.06. The van der Waals surface area contributed by atoms with Gasteiger partial charge in [-0.1, -0.05) is 18.2 Å². The van der Waals surface area contributed by atoms with Gasteiger partial charge < -0.3 is 15.4 Å². The second-order valence-corrected chi connectivity index (χ2v) is 6.79. The zero-order chi connectivity index (χ0) is 17.1. The van der Waals surface area contributed by atoms with Crippen molar-refractivity contribution in [3.63, 3.8) is 0 Å². The maximum atomic E-state index is 11.3. The molecule has 0 spiro atoms. The summed E-state index contributed by atoms with van der Waals surface area (Å²) in [6, 6.07) is 7.80. The van der Waals surface area contributed by atoms with Crippen LogP contribution in [0.1, 0.15) is 19.4 Å². The number of benzene rings is 1. The molecule has 0 aliphatic heterocycles. The topological polar surface area (TPSA) is 91.8 Å². The molecule has 0 unspecified atom stereocenters. The first-order chi connectivity index (χ1) is 11.0. The number of ether oxygens (including phenoxy) is 1. The summed E-state index contributed by atoms with van der Waals surface area (Å²) in [5.74, 6) is 1.52. The lowest BCUT2D eigenvalue weighted by atomic mass is 10.2. The van der Waals surface area contributed by atoms with Crippen LogP contribution in [0.15, 0.2) is 29.3 Å². The summed E-state index contributed by atoms with van der Waals surface area (Å²) in [7, 11) is -1.49. The first-order valence-corrected chi connectivity index (χ1v) is 9.30. The lowest BCUT2D eigenvalue weighted by Crippen LogP contribution is -2.41.